The molecule has 6 heteroatoms. The van der Waals surface area contributed by atoms with Crippen molar-refractivity contribution in [2.75, 3.05) is 16.8 Å². The smallest absolute Gasteiger partial charge is 0.258 e. The second-order valence-corrected chi connectivity index (χ2v) is 8.54. The van der Waals surface area contributed by atoms with Gasteiger partial charge in [-0.1, -0.05) is 42.5 Å². The van der Waals surface area contributed by atoms with Crippen molar-refractivity contribution in [3.8, 4) is 11.4 Å². The number of carbonyl (C=O) groups excluding carboxylic acids is 1. The van der Waals surface area contributed by atoms with E-state index in [1.807, 2.05) is 72.1 Å². The molecule has 0 aliphatic carbocycles. The van der Waals surface area contributed by atoms with E-state index >= 15 is 0 Å². The van der Waals surface area contributed by atoms with Gasteiger partial charge in [0.15, 0.2) is 5.82 Å². The van der Waals surface area contributed by atoms with Crippen molar-refractivity contribution < 1.29 is 4.79 Å². The Hall–Kier alpha value is -2.31. The average Bonchev–Trinajstić information content (AvgIpc) is 3.24. The van der Waals surface area contributed by atoms with Gasteiger partial charge in [0.25, 0.3) is 5.91 Å². The molecule has 2 heterocycles. The molecule has 1 fully saturated rings. The van der Waals surface area contributed by atoms with Gasteiger partial charge in [0.05, 0.1) is 10.1 Å². The summed E-state index contributed by atoms with van der Waals surface area (Å²) >= 11 is 3.90. The molecular formula is C20H17N3OS2. The van der Waals surface area contributed by atoms with Gasteiger partial charge < -0.3 is 5.32 Å². The molecule has 4 nitrogen and oxygen atoms in total. The van der Waals surface area contributed by atoms with Crippen LogP contribution in [-0.4, -0.2) is 27.4 Å². The largest absolute Gasteiger partial charge is 0.322 e. The number of thioether (sulfide) groups is 2. The number of hydrogen-bond donors (Lipinski definition) is 1. The monoisotopic (exact) mass is 379 g/mol. The van der Waals surface area contributed by atoms with Crippen LogP contribution < -0.4 is 5.32 Å². The Bertz CT molecular complexity index is 894. The van der Waals surface area contributed by atoms with Gasteiger partial charge in [-0.15, -0.1) is 23.5 Å². The third-order valence-electron chi connectivity index (χ3n) is 3.98. The van der Waals surface area contributed by atoms with Gasteiger partial charge in [0.2, 0.25) is 0 Å². The lowest BCUT2D eigenvalue weighted by atomic mass is 10.2. The third kappa shape index (κ3) is 3.92. The molecule has 2 aromatic carbocycles. The first kappa shape index (κ1) is 17.1. The summed E-state index contributed by atoms with van der Waals surface area (Å²) in [6.07, 6.45) is 3.13. The van der Waals surface area contributed by atoms with Gasteiger partial charge in [-0.2, -0.15) is 0 Å². The van der Waals surface area contributed by atoms with Crippen LogP contribution in [0, 0.1) is 0 Å². The molecule has 0 atom stereocenters. The Morgan fingerprint density at radius 2 is 1.69 bits per heavy atom. The van der Waals surface area contributed by atoms with Crippen molar-refractivity contribution in [1.82, 2.24) is 9.97 Å². The lowest BCUT2D eigenvalue weighted by molar-refractivity contribution is 0.102. The Kier molecular flexibility index (Phi) is 5.22. The van der Waals surface area contributed by atoms with E-state index in [0.29, 0.717) is 16.0 Å². The Labute approximate surface area is 160 Å². The molecular weight excluding hydrogens is 362 g/mol. The average molecular weight is 380 g/mol. The number of benzene rings is 2. The maximum absolute atomic E-state index is 12.5. The molecule has 130 valence electrons. The molecule has 1 N–H and O–H groups in total. The Morgan fingerprint density at radius 1 is 0.962 bits per heavy atom. The molecule has 26 heavy (non-hydrogen) atoms. The standard InChI is InChI=1S/C20H17N3OS2/c24-19(16-12-21-18(22-13-16)14-5-2-1-3-6-14)23-17-8-4-7-15(11-17)20-25-9-10-26-20/h1-8,11-13,20H,9-10H2,(H,23,24). The normalized spacial score (nSPS) is 14.3. The molecule has 0 saturated carbocycles. The second-order valence-electron chi connectivity index (χ2n) is 5.81. The first-order valence-electron chi connectivity index (χ1n) is 8.31. The number of anilines is 1. The summed E-state index contributed by atoms with van der Waals surface area (Å²) in [7, 11) is 0. The number of carbonyl (C=O) groups is 1. The summed E-state index contributed by atoms with van der Waals surface area (Å²) in [5.74, 6) is 2.77. The van der Waals surface area contributed by atoms with Crippen LogP contribution in [0.25, 0.3) is 11.4 Å². The number of amides is 1. The van der Waals surface area contributed by atoms with Crippen LogP contribution in [0.1, 0.15) is 20.5 Å². The Morgan fingerprint density at radius 3 is 2.42 bits per heavy atom. The van der Waals surface area contributed by atoms with Crippen LogP contribution in [0.15, 0.2) is 67.0 Å². The number of hydrogen-bond acceptors (Lipinski definition) is 5. The van der Waals surface area contributed by atoms with Crippen molar-refractivity contribution >= 4 is 35.1 Å². The SMILES string of the molecule is O=C(Nc1cccc(C2SCCS2)c1)c1cnc(-c2ccccc2)nc1. The summed E-state index contributed by atoms with van der Waals surface area (Å²) in [6.45, 7) is 0. The molecule has 3 aromatic rings. The number of nitrogens with zero attached hydrogens (tertiary/aromatic N) is 2. The summed E-state index contributed by atoms with van der Waals surface area (Å²) < 4.78 is 0.459. The van der Waals surface area contributed by atoms with Gasteiger partial charge in [-0.25, -0.2) is 9.97 Å². The molecule has 0 unspecified atom stereocenters. The first-order valence-corrected chi connectivity index (χ1v) is 10.4. The van der Waals surface area contributed by atoms with Crippen LogP contribution in [0.5, 0.6) is 0 Å². The molecule has 4 rings (SSSR count). The van der Waals surface area contributed by atoms with Crippen LogP contribution in [0.2, 0.25) is 0 Å². The highest BCUT2D eigenvalue weighted by Crippen LogP contribution is 2.45. The second kappa shape index (κ2) is 7.93. The number of nitrogens with one attached hydrogen (secondary N) is 1. The fraction of sp³-hybridized carbons (Fsp3) is 0.150. The summed E-state index contributed by atoms with van der Waals surface area (Å²) in [6, 6.07) is 17.8. The van der Waals surface area contributed by atoms with Crippen LogP contribution in [0.4, 0.5) is 5.69 Å². The molecule has 1 amide bonds. The van der Waals surface area contributed by atoms with Crippen molar-refractivity contribution in [3.05, 3.63) is 78.1 Å². The number of rotatable bonds is 4. The van der Waals surface area contributed by atoms with Gasteiger partial charge in [-0.3, -0.25) is 4.79 Å². The van der Waals surface area contributed by atoms with Gasteiger partial charge in [0, 0.05) is 35.2 Å². The molecule has 0 spiro atoms. The Balaban J connectivity index is 1.47. The van der Waals surface area contributed by atoms with Crippen molar-refractivity contribution in [1.29, 1.82) is 0 Å². The minimum Gasteiger partial charge on any atom is -0.322 e. The topological polar surface area (TPSA) is 54.9 Å². The number of aromatic nitrogens is 2. The van der Waals surface area contributed by atoms with E-state index in [1.54, 1.807) is 12.4 Å². The first-order chi connectivity index (χ1) is 12.8. The van der Waals surface area contributed by atoms with Crippen molar-refractivity contribution in [3.63, 3.8) is 0 Å². The maximum Gasteiger partial charge on any atom is 0.258 e. The highest BCUT2D eigenvalue weighted by atomic mass is 32.2. The molecule has 0 radical (unpaired) electrons. The lowest BCUT2D eigenvalue weighted by Gasteiger charge is -2.11. The van der Waals surface area contributed by atoms with E-state index in [4.69, 9.17) is 0 Å². The van der Waals surface area contributed by atoms with Gasteiger partial charge in [-0.05, 0) is 17.7 Å². The summed E-state index contributed by atoms with van der Waals surface area (Å²) in [4.78, 5) is 21.1. The van der Waals surface area contributed by atoms with Crippen LogP contribution in [-0.2, 0) is 0 Å². The molecule has 1 saturated heterocycles. The van der Waals surface area contributed by atoms with Crippen molar-refractivity contribution in [2.24, 2.45) is 0 Å². The molecule has 1 aliphatic rings. The highest BCUT2D eigenvalue weighted by molar-refractivity contribution is 8.19. The van der Waals surface area contributed by atoms with E-state index in [-0.39, 0.29) is 5.91 Å². The predicted octanol–water partition coefficient (Wildman–Crippen LogP) is 4.87. The lowest BCUT2D eigenvalue weighted by Crippen LogP contribution is -2.13. The fourth-order valence-corrected chi connectivity index (χ4v) is 5.54. The predicted molar refractivity (Wildman–Crippen MR) is 110 cm³/mol. The van der Waals surface area contributed by atoms with Crippen LogP contribution in [0.3, 0.4) is 0 Å². The quantitative estimate of drug-likeness (QED) is 0.700. The zero-order chi connectivity index (χ0) is 17.8. The highest BCUT2D eigenvalue weighted by Gasteiger charge is 2.18. The van der Waals surface area contributed by atoms with Gasteiger partial charge >= 0.3 is 0 Å². The van der Waals surface area contributed by atoms with Crippen molar-refractivity contribution in [2.45, 2.75) is 4.58 Å². The van der Waals surface area contributed by atoms with Crippen LogP contribution >= 0.6 is 23.5 Å². The zero-order valence-electron chi connectivity index (χ0n) is 14.0. The zero-order valence-corrected chi connectivity index (χ0v) is 15.6. The van der Waals surface area contributed by atoms with E-state index in [2.05, 4.69) is 21.4 Å². The van der Waals surface area contributed by atoms with E-state index < -0.39 is 0 Å². The minimum atomic E-state index is -0.200. The van der Waals surface area contributed by atoms with E-state index in [0.717, 1.165) is 11.3 Å². The molecule has 1 aromatic heterocycles. The minimum absolute atomic E-state index is 0.200. The van der Waals surface area contributed by atoms with E-state index in [1.165, 1.54) is 17.1 Å². The third-order valence-corrected chi connectivity index (χ3v) is 7.09. The van der Waals surface area contributed by atoms with Gasteiger partial charge in [0.1, 0.15) is 0 Å². The summed E-state index contributed by atoms with van der Waals surface area (Å²) in [5.41, 5.74) is 3.41. The molecule has 0 bridgehead atoms. The van der Waals surface area contributed by atoms with E-state index in [9.17, 15) is 4.79 Å². The fourth-order valence-electron chi connectivity index (χ4n) is 2.70. The maximum atomic E-state index is 12.5. The summed E-state index contributed by atoms with van der Waals surface area (Å²) in [5, 5.41) is 2.94. The molecule has 1 aliphatic heterocycles.